The van der Waals surface area contributed by atoms with Crippen LogP contribution in [-0.2, 0) is 19.6 Å². The molecule has 158 valence electrons. The molecule has 1 aromatic heterocycles. The molecule has 4 rings (SSSR count). The second-order valence-electron chi connectivity index (χ2n) is 7.31. The number of sulfonamides is 1. The van der Waals surface area contributed by atoms with E-state index in [0.29, 0.717) is 37.3 Å². The molecule has 0 radical (unpaired) electrons. The van der Waals surface area contributed by atoms with Crippen molar-refractivity contribution < 1.29 is 22.8 Å². The average molecular weight is 423 g/mol. The van der Waals surface area contributed by atoms with Gasteiger partial charge in [-0.1, -0.05) is 24.1 Å². The summed E-state index contributed by atoms with van der Waals surface area (Å²) in [6, 6.07) is 4.75. The maximum Gasteiger partial charge on any atom is 0.260 e. The van der Waals surface area contributed by atoms with Crippen LogP contribution in [0.3, 0.4) is 0 Å². The van der Waals surface area contributed by atoms with E-state index in [1.165, 1.54) is 22.9 Å². The molecular formula is C18H25N5O5S. The molecule has 1 aliphatic heterocycles. The van der Waals surface area contributed by atoms with Crippen molar-refractivity contribution in [2.45, 2.75) is 43.0 Å². The fourth-order valence-corrected chi connectivity index (χ4v) is 5.13. The van der Waals surface area contributed by atoms with E-state index >= 15 is 0 Å². The summed E-state index contributed by atoms with van der Waals surface area (Å²) in [5, 5.41) is 10.8. The van der Waals surface area contributed by atoms with Crippen LogP contribution in [0.4, 0.5) is 0 Å². The molecule has 2 aliphatic rings. The highest BCUT2D eigenvalue weighted by Crippen LogP contribution is 2.21. The third-order valence-corrected chi connectivity index (χ3v) is 7.18. The molecule has 2 aromatic rings. The van der Waals surface area contributed by atoms with Crippen LogP contribution in [0.1, 0.15) is 32.1 Å². The van der Waals surface area contributed by atoms with Crippen molar-refractivity contribution in [3.05, 3.63) is 18.2 Å². The first-order valence-electron chi connectivity index (χ1n) is 9.90. The molecule has 0 atom stereocenters. The third kappa shape index (κ3) is 4.51. The molecule has 2 heterocycles. The number of carbonyl (C=O) groups excluding carboxylic acids is 1. The predicted octanol–water partition coefficient (Wildman–Crippen LogP) is 0.330. The molecule has 1 aromatic carbocycles. The molecule has 0 bridgehead atoms. The molecule has 1 saturated carbocycles. The zero-order valence-corrected chi connectivity index (χ0v) is 16.9. The van der Waals surface area contributed by atoms with Crippen LogP contribution in [0.25, 0.3) is 11.0 Å². The van der Waals surface area contributed by atoms with Gasteiger partial charge in [-0.2, -0.15) is 4.31 Å². The maximum absolute atomic E-state index is 12.9. The van der Waals surface area contributed by atoms with E-state index in [1.54, 1.807) is 6.07 Å². The number of nitrogens with zero attached hydrogens (tertiary/aromatic N) is 4. The molecule has 11 heteroatoms. The lowest BCUT2D eigenvalue weighted by molar-refractivity contribution is -0.127. The van der Waals surface area contributed by atoms with Crippen molar-refractivity contribution in [1.29, 1.82) is 0 Å². The monoisotopic (exact) mass is 423 g/mol. The van der Waals surface area contributed by atoms with E-state index in [9.17, 15) is 13.2 Å². The summed E-state index contributed by atoms with van der Waals surface area (Å²) in [4.78, 5) is 18.9. The zero-order chi connectivity index (χ0) is 20.3. The maximum atomic E-state index is 12.9. The Morgan fingerprint density at radius 2 is 1.97 bits per heavy atom. The molecule has 29 heavy (non-hydrogen) atoms. The third-order valence-electron chi connectivity index (χ3n) is 5.28. The Balaban J connectivity index is 1.46. The molecule has 1 saturated heterocycles. The number of morpholine rings is 1. The highest BCUT2D eigenvalue weighted by Gasteiger charge is 2.27. The number of benzene rings is 1. The van der Waals surface area contributed by atoms with E-state index < -0.39 is 10.0 Å². The summed E-state index contributed by atoms with van der Waals surface area (Å²) in [7, 11) is -3.65. The van der Waals surface area contributed by atoms with Crippen LogP contribution in [0.2, 0.25) is 0 Å². The predicted molar refractivity (Wildman–Crippen MR) is 104 cm³/mol. The molecular weight excluding hydrogens is 398 g/mol. The van der Waals surface area contributed by atoms with Gasteiger partial charge in [-0.05, 0) is 36.3 Å². The van der Waals surface area contributed by atoms with Crippen LogP contribution >= 0.6 is 0 Å². The topological polar surface area (TPSA) is 116 Å². The quantitative estimate of drug-likeness (QED) is 0.712. The Kier molecular flexibility index (Phi) is 5.97. The molecule has 2 fully saturated rings. The van der Waals surface area contributed by atoms with Crippen molar-refractivity contribution in [3.8, 4) is 0 Å². The van der Waals surface area contributed by atoms with Gasteiger partial charge in [-0.15, -0.1) is 5.10 Å². The lowest BCUT2D eigenvalue weighted by Gasteiger charge is -2.26. The van der Waals surface area contributed by atoms with Crippen molar-refractivity contribution in [1.82, 2.24) is 24.8 Å². The Hall–Kier alpha value is -2.24. The summed E-state index contributed by atoms with van der Waals surface area (Å²) < 4.78 is 32.4. The van der Waals surface area contributed by atoms with Crippen LogP contribution in [0.5, 0.6) is 0 Å². The number of hydrogen-bond donors (Lipinski definition) is 1. The van der Waals surface area contributed by atoms with E-state index in [0.717, 1.165) is 30.5 Å². The van der Waals surface area contributed by atoms with E-state index in [2.05, 4.69) is 15.6 Å². The lowest BCUT2D eigenvalue weighted by Crippen LogP contribution is -2.40. The average Bonchev–Trinajstić information content (AvgIpc) is 3.16. The molecule has 1 amide bonds. The van der Waals surface area contributed by atoms with E-state index in [4.69, 9.17) is 9.57 Å². The first kappa shape index (κ1) is 20.0. The minimum Gasteiger partial charge on any atom is -0.385 e. The Labute approximate surface area is 169 Å². The van der Waals surface area contributed by atoms with Gasteiger partial charge in [0.05, 0.1) is 18.1 Å². The number of amides is 1. The molecule has 0 spiro atoms. The normalized spacial score (nSPS) is 19.3. The van der Waals surface area contributed by atoms with Gasteiger partial charge in [0.15, 0.2) is 6.61 Å². The molecule has 1 N–H and O–H groups in total. The van der Waals surface area contributed by atoms with Gasteiger partial charge in [0, 0.05) is 19.1 Å². The molecule has 0 unspecified atom stereocenters. The van der Waals surface area contributed by atoms with Crippen LogP contribution < -0.4 is 10.2 Å². The highest BCUT2D eigenvalue weighted by molar-refractivity contribution is 7.89. The first-order chi connectivity index (χ1) is 14.0. The van der Waals surface area contributed by atoms with Gasteiger partial charge in [0.2, 0.25) is 10.0 Å². The van der Waals surface area contributed by atoms with Crippen molar-refractivity contribution >= 4 is 27.0 Å². The number of carbonyl (C=O) groups is 1. The largest absolute Gasteiger partial charge is 0.385 e. The van der Waals surface area contributed by atoms with Crippen molar-refractivity contribution in [2.75, 3.05) is 32.9 Å². The summed E-state index contributed by atoms with van der Waals surface area (Å²) in [5.41, 5.74) is 0.878. The number of aromatic nitrogens is 3. The van der Waals surface area contributed by atoms with Crippen LogP contribution in [-0.4, -0.2) is 72.7 Å². The van der Waals surface area contributed by atoms with Gasteiger partial charge >= 0.3 is 0 Å². The molecule has 10 nitrogen and oxygen atoms in total. The number of hydrogen-bond acceptors (Lipinski definition) is 7. The highest BCUT2D eigenvalue weighted by atomic mass is 32.2. The number of rotatable bonds is 6. The Morgan fingerprint density at radius 1 is 1.21 bits per heavy atom. The summed E-state index contributed by atoms with van der Waals surface area (Å²) in [6.45, 7) is 1.17. The smallest absolute Gasteiger partial charge is 0.260 e. The number of nitrogens with one attached hydrogen (secondary N) is 1. The molecule has 1 aliphatic carbocycles. The SMILES string of the molecule is O=C(COn1nnc2ccc(S(=O)(=O)N3CCOCC3)cc21)NC1CCCCC1. The minimum absolute atomic E-state index is 0.130. The number of ether oxygens (including phenoxy) is 1. The van der Waals surface area contributed by atoms with Crippen molar-refractivity contribution in [3.63, 3.8) is 0 Å². The minimum atomic E-state index is -3.65. The van der Waals surface area contributed by atoms with Gasteiger partial charge in [-0.3, -0.25) is 4.79 Å². The summed E-state index contributed by atoms with van der Waals surface area (Å²) in [6.07, 6.45) is 5.44. The second-order valence-corrected chi connectivity index (χ2v) is 9.24. The lowest BCUT2D eigenvalue weighted by atomic mass is 9.95. The van der Waals surface area contributed by atoms with Crippen molar-refractivity contribution in [2.24, 2.45) is 0 Å². The van der Waals surface area contributed by atoms with Gasteiger partial charge in [0.25, 0.3) is 5.91 Å². The Morgan fingerprint density at radius 3 is 2.72 bits per heavy atom. The van der Waals surface area contributed by atoms with Crippen LogP contribution in [0.15, 0.2) is 23.1 Å². The van der Waals surface area contributed by atoms with E-state index in [-0.39, 0.29) is 23.5 Å². The number of fused-ring (bicyclic) bond motifs is 1. The summed E-state index contributed by atoms with van der Waals surface area (Å²) >= 11 is 0. The van der Waals surface area contributed by atoms with Gasteiger partial charge < -0.3 is 14.9 Å². The van der Waals surface area contributed by atoms with E-state index in [1.807, 2.05) is 0 Å². The Bertz CT molecular complexity index is 964. The first-order valence-corrected chi connectivity index (χ1v) is 11.3. The van der Waals surface area contributed by atoms with Gasteiger partial charge in [0.1, 0.15) is 11.0 Å². The fraction of sp³-hybridized carbons (Fsp3) is 0.611. The van der Waals surface area contributed by atoms with Crippen LogP contribution in [0, 0.1) is 0 Å². The second kappa shape index (κ2) is 8.64. The summed E-state index contributed by atoms with van der Waals surface area (Å²) in [5.74, 6) is -0.224. The standard InChI is InChI=1S/C18H25N5O5S/c24-18(19-14-4-2-1-3-5-14)13-28-23-17-12-15(6-7-16(17)20-21-23)29(25,26)22-8-10-27-11-9-22/h6-7,12,14H,1-5,8-11,13H2,(H,19,24). The zero-order valence-electron chi connectivity index (χ0n) is 16.1. The van der Waals surface area contributed by atoms with Gasteiger partial charge in [-0.25, -0.2) is 8.42 Å². The fourth-order valence-electron chi connectivity index (χ4n) is 3.71.